The number of anilines is 1. The number of nitrogens with one attached hydrogen (secondary N) is 2. The Kier molecular flexibility index (Phi) is 9.21. The minimum absolute atomic E-state index is 0.00680. The molecule has 7 heteroatoms. The SMILES string of the molecule is CCOC(=O)CN(CC(=O)Nc1ccccc1C(=O)NC(C)c1ccccc1)C(C)C. The van der Waals surface area contributed by atoms with Gasteiger partial charge < -0.3 is 15.4 Å². The lowest BCUT2D eigenvalue weighted by molar-refractivity contribution is -0.145. The number of benzene rings is 2. The minimum atomic E-state index is -0.376. The van der Waals surface area contributed by atoms with Gasteiger partial charge in [0.15, 0.2) is 0 Å². The molecule has 166 valence electrons. The van der Waals surface area contributed by atoms with Crippen LogP contribution in [0.25, 0.3) is 0 Å². The third-order valence-electron chi connectivity index (χ3n) is 4.81. The molecule has 2 aromatic carbocycles. The van der Waals surface area contributed by atoms with E-state index in [1.807, 2.05) is 51.1 Å². The van der Waals surface area contributed by atoms with Gasteiger partial charge in [0, 0.05) is 6.04 Å². The minimum Gasteiger partial charge on any atom is -0.465 e. The topological polar surface area (TPSA) is 87.7 Å². The molecule has 0 radical (unpaired) electrons. The zero-order chi connectivity index (χ0) is 22.8. The maximum atomic E-state index is 12.8. The first-order chi connectivity index (χ1) is 14.8. The van der Waals surface area contributed by atoms with E-state index in [4.69, 9.17) is 4.74 Å². The first kappa shape index (κ1) is 24.1. The van der Waals surface area contributed by atoms with Crippen molar-refractivity contribution in [3.05, 3.63) is 65.7 Å². The molecular weight excluding hydrogens is 394 g/mol. The number of hydrogen-bond acceptors (Lipinski definition) is 5. The molecule has 2 N–H and O–H groups in total. The molecule has 0 bridgehead atoms. The standard InChI is InChI=1S/C24H31N3O4/c1-5-31-23(29)16-27(17(2)3)15-22(28)26-21-14-10-9-13-20(21)24(30)25-18(4)19-11-7-6-8-12-19/h6-14,17-18H,5,15-16H2,1-4H3,(H,25,30)(H,26,28). The maximum absolute atomic E-state index is 12.8. The Morgan fingerprint density at radius 3 is 2.23 bits per heavy atom. The fourth-order valence-electron chi connectivity index (χ4n) is 3.06. The van der Waals surface area contributed by atoms with Gasteiger partial charge in [-0.1, -0.05) is 42.5 Å². The summed E-state index contributed by atoms with van der Waals surface area (Å²) in [5, 5.41) is 5.76. The molecule has 0 saturated heterocycles. The Hall–Kier alpha value is -3.19. The molecule has 0 aromatic heterocycles. The average molecular weight is 426 g/mol. The second-order valence-electron chi connectivity index (χ2n) is 7.50. The number of rotatable bonds is 10. The van der Waals surface area contributed by atoms with Gasteiger partial charge in [0.1, 0.15) is 0 Å². The fraction of sp³-hybridized carbons (Fsp3) is 0.375. The molecule has 0 heterocycles. The van der Waals surface area contributed by atoms with Crippen molar-refractivity contribution in [3.8, 4) is 0 Å². The molecule has 1 unspecified atom stereocenters. The van der Waals surface area contributed by atoms with Gasteiger partial charge >= 0.3 is 5.97 Å². The molecule has 7 nitrogen and oxygen atoms in total. The summed E-state index contributed by atoms with van der Waals surface area (Å²) in [4.78, 5) is 39.0. The quantitative estimate of drug-likeness (QED) is 0.570. The molecule has 2 aromatic rings. The van der Waals surface area contributed by atoms with E-state index in [9.17, 15) is 14.4 Å². The van der Waals surface area contributed by atoms with E-state index in [2.05, 4.69) is 10.6 Å². The number of carbonyl (C=O) groups is 3. The third kappa shape index (κ3) is 7.53. The smallest absolute Gasteiger partial charge is 0.320 e. The predicted molar refractivity (Wildman–Crippen MR) is 121 cm³/mol. The van der Waals surface area contributed by atoms with E-state index in [0.29, 0.717) is 17.9 Å². The second kappa shape index (κ2) is 11.9. The van der Waals surface area contributed by atoms with Crippen LogP contribution in [0.5, 0.6) is 0 Å². The van der Waals surface area contributed by atoms with Gasteiger partial charge in [0.2, 0.25) is 5.91 Å². The van der Waals surface area contributed by atoms with Crippen LogP contribution in [0.2, 0.25) is 0 Å². The lowest BCUT2D eigenvalue weighted by Gasteiger charge is -2.25. The highest BCUT2D eigenvalue weighted by Gasteiger charge is 2.20. The number of hydrogen-bond donors (Lipinski definition) is 2. The number of nitrogens with zero attached hydrogens (tertiary/aromatic N) is 1. The van der Waals surface area contributed by atoms with Crippen molar-refractivity contribution in [2.75, 3.05) is 25.0 Å². The molecule has 0 aliphatic carbocycles. The van der Waals surface area contributed by atoms with Crippen molar-refractivity contribution in [1.82, 2.24) is 10.2 Å². The van der Waals surface area contributed by atoms with Gasteiger partial charge in [-0.05, 0) is 45.4 Å². The molecule has 2 rings (SSSR count). The van der Waals surface area contributed by atoms with Crippen LogP contribution in [0.15, 0.2) is 54.6 Å². The molecule has 0 spiro atoms. The summed E-state index contributed by atoms with van der Waals surface area (Å²) in [7, 11) is 0. The summed E-state index contributed by atoms with van der Waals surface area (Å²) < 4.78 is 4.98. The monoisotopic (exact) mass is 425 g/mol. The average Bonchev–Trinajstić information content (AvgIpc) is 2.74. The third-order valence-corrected chi connectivity index (χ3v) is 4.81. The highest BCUT2D eigenvalue weighted by molar-refractivity contribution is 6.04. The van der Waals surface area contributed by atoms with Crippen molar-refractivity contribution >= 4 is 23.5 Å². The number of amides is 2. The summed E-state index contributed by atoms with van der Waals surface area (Å²) in [5.41, 5.74) is 1.79. The van der Waals surface area contributed by atoms with Gasteiger partial charge in [0.25, 0.3) is 5.91 Å². The Bertz CT molecular complexity index is 883. The summed E-state index contributed by atoms with van der Waals surface area (Å²) in [6, 6.07) is 16.3. The van der Waals surface area contributed by atoms with Gasteiger partial charge in [0.05, 0.1) is 37.0 Å². The zero-order valence-corrected chi connectivity index (χ0v) is 18.6. The van der Waals surface area contributed by atoms with E-state index in [0.717, 1.165) is 5.56 Å². The highest BCUT2D eigenvalue weighted by Crippen LogP contribution is 2.18. The van der Waals surface area contributed by atoms with Gasteiger partial charge in [-0.25, -0.2) is 0 Å². The van der Waals surface area contributed by atoms with Gasteiger partial charge in [-0.15, -0.1) is 0 Å². The van der Waals surface area contributed by atoms with E-state index in [1.165, 1.54) is 0 Å². The number of esters is 1. The molecule has 0 aliphatic rings. The van der Waals surface area contributed by atoms with Crippen molar-refractivity contribution in [1.29, 1.82) is 0 Å². The van der Waals surface area contributed by atoms with Crippen LogP contribution in [0, 0.1) is 0 Å². The normalized spacial score (nSPS) is 11.8. The summed E-state index contributed by atoms with van der Waals surface area (Å²) in [5.74, 6) is -0.965. The number of para-hydroxylation sites is 1. The zero-order valence-electron chi connectivity index (χ0n) is 18.6. The second-order valence-corrected chi connectivity index (χ2v) is 7.50. The Morgan fingerprint density at radius 1 is 0.935 bits per heavy atom. The van der Waals surface area contributed by atoms with Crippen molar-refractivity contribution in [3.63, 3.8) is 0 Å². The Labute approximate surface area is 183 Å². The maximum Gasteiger partial charge on any atom is 0.320 e. The Morgan fingerprint density at radius 2 is 1.58 bits per heavy atom. The number of ether oxygens (including phenoxy) is 1. The van der Waals surface area contributed by atoms with Crippen molar-refractivity contribution in [2.24, 2.45) is 0 Å². The largest absolute Gasteiger partial charge is 0.465 e. The van der Waals surface area contributed by atoms with Crippen LogP contribution in [0.3, 0.4) is 0 Å². The highest BCUT2D eigenvalue weighted by atomic mass is 16.5. The van der Waals surface area contributed by atoms with Crippen LogP contribution < -0.4 is 10.6 Å². The molecule has 1 atom stereocenters. The van der Waals surface area contributed by atoms with E-state index < -0.39 is 0 Å². The Balaban J connectivity index is 2.06. The predicted octanol–water partition coefficient (Wildman–Crippen LogP) is 3.39. The van der Waals surface area contributed by atoms with Crippen molar-refractivity contribution < 1.29 is 19.1 Å². The van der Waals surface area contributed by atoms with E-state index >= 15 is 0 Å². The molecule has 2 amide bonds. The fourth-order valence-corrected chi connectivity index (χ4v) is 3.06. The summed E-state index contributed by atoms with van der Waals surface area (Å²) >= 11 is 0. The molecular formula is C24H31N3O4. The van der Waals surface area contributed by atoms with E-state index in [-0.39, 0.29) is 43.0 Å². The van der Waals surface area contributed by atoms with E-state index in [1.54, 1.807) is 36.1 Å². The van der Waals surface area contributed by atoms with Crippen LogP contribution in [0.1, 0.15) is 49.7 Å². The molecule has 0 saturated carbocycles. The molecule has 0 aliphatic heterocycles. The van der Waals surface area contributed by atoms with Crippen LogP contribution in [-0.2, 0) is 14.3 Å². The van der Waals surface area contributed by atoms with Gasteiger partial charge in [-0.2, -0.15) is 0 Å². The summed E-state index contributed by atoms with van der Waals surface area (Å²) in [6.45, 7) is 7.77. The number of carbonyl (C=O) groups excluding carboxylic acids is 3. The molecule has 31 heavy (non-hydrogen) atoms. The lowest BCUT2D eigenvalue weighted by atomic mass is 10.1. The summed E-state index contributed by atoms with van der Waals surface area (Å²) in [6.07, 6.45) is 0. The van der Waals surface area contributed by atoms with Crippen LogP contribution in [-0.4, -0.2) is 48.4 Å². The first-order valence-corrected chi connectivity index (χ1v) is 10.5. The van der Waals surface area contributed by atoms with Gasteiger partial charge in [-0.3, -0.25) is 19.3 Å². The first-order valence-electron chi connectivity index (χ1n) is 10.5. The van der Waals surface area contributed by atoms with Crippen LogP contribution in [0.4, 0.5) is 5.69 Å². The van der Waals surface area contributed by atoms with Crippen LogP contribution >= 0.6 is 0 Å². The molecule has 0 fully saturated rings. The van der Waals surface area contributed by atoms with Crippen molar-refractivity contribution in [2.45, 2.75) is 39.8 Å². The lowest BCUT2D eigenvalue weighted by Crippen LogP contribution is -2.42.